The first kappa shape index (κ1) is 26.0. The Balaban J connectivity index is 1.62. The molecule has 1 aliphatic rings. The highest BCUT2D eigenvalue weighted by atomic mass is 19.4. The first-order valence-corrected chi connectivity index (χ1v) is 11.6. The maximum Gasteiger partial charge on any atom is 0.417 e. The van der Waals surface area contributed by atoms with Crippen LogP contribution in [0.15, 0.2) is 42.5 Å². The van der Waals surface area contributed by atoms with Crippen molar-refractivity contribution in [2.24, 2.45) is 0 Å². The van der Waals surface area contributed by atoms with Gasteiger partial charge in [-0.2, -0.15) is 13.2 Å². The summed E-state index contributed by atoms with van der Waals surface area (Å²) in [7, 11) is 0. The molecule has 3 aromatic rings. The Kier molecular flexibility index (Phi) is 6.78. The minimum atomic E-state index is -5.01. The summed E-state index contributed by atoms with van der Waals surface area (Å²) in [5, 5.41) is 21.6. The van der Waals surface area contributed by atoms with Gasteiger partial charge in [0.25, 0.3) is 5.91 Å². The second-order valence-corrected chi connectivity index (χ2v) is 9.93. The number of alkyl halides is 3. The lowest BCUT2D eigenvalue weighted by atomic mass is 9.73. The quantitative estimate of drug-likeness (QED) is 0.422. The predicted molar refractivity (Wildman–Crippen MR) is 125 cm³/mol. The van der Waals surface area contributed by atoms with Gasteiger partial charge in [-0.25, -0.2) is 4.39 Å². The Morgan fingerprint density at radius 1 is 1.08 bits per heavy atom. The number of aromatic amines is 1. The van der Waals surface area contributed by atoms with Gasteiger partial charge >= 0.3 is 6.18 Å². The molecule has 0 bridgehead atoms. The number of nitrogens with one attached hydrogen (secondary N) is 1. The summed E-state index contributed by atoms with van der Waals surface area (Å²) in [5.41, 5.74) is -3.64. The van der Waals surface area contributed by atoms with Crippen LogP contribution in [-0.2, 0) is 16.6 Å². The minimum Gasteiger partial charge on any atom is -0.508 e. The molecule has 3 N–H and O–H groups in total. The van der Waals surface area contributed by atoms with E-state index in [1.165, 1.54) is 19.9 Å². The average molecular weight is 509 g/mol. The number of fused-ring (bicyclic) bond motifs is 1. The molecular formula is C26H28F4N2O4. The van der Waals surface area contributed by atoms with Crippen LogP contribution in [0.5, 0.6) is 5.75 Å². The summed E-state index contributed by atoms with van der Waals surface area (Å²) < 4.78 is 61.6. The fourth-order valence-corrected chi connectivity index (χ4v) is 4.82. The number of hydrogen-bond acceptors (Lipinski definition) is 4. The van der Waals surface area contributed by atoms with Crippen LogP contribution >= 0.6 is 0 Å². The van der Waals surface area contributed by atoms with Gasteiger partial charge in [0.15, 0.2) is 5.60 Å². The highest BCUT2D eigenvalue weighted by Crippen LogP contribution is 2.45. The summed E-state index contributed by atoms with van der Waals surface area (Å²) in [5.74, 6) is -1.25. The Morgan fingerprint density at radius 3 is 2.44 bits per heavy atom. The number of hydrogen-bond donors (Lipinski definition) is 3. The average Bonchev–Trinajstić information content (AvgIpc) is 3.20. The number of phenols is 1. The Morgan fingerprint density at radius 2 is 1.78 bits per heavy atom. The van der Waals surface area contributed by atoms with Crippen LogP contribution in [0.4, 0.5) is 17.6 Å². The van der Waals surface area contributed by atoms with E-state index in [0.717, 1.165) is 18.2 Å². The molecule has 1 saturated heterocycles. The van der Waals surface area contributed by atoms with Crippen molar-refractivity contribution >= 4 is 16.8 Å². The fraction of sp³-hybridized carbons (Fsp3) is 0.423. The molecule has 2 heterocycles. The number of H-pyrrole nitrogens is 1. The lowest BCUT2D eigenvalue weighted by Crippen LogP contribution is -2.50. The summed E-state index contributed by atoms with van der Waals surface area (Å²) in [4.78, 5) is 17.3. The van der Waals surface area contributed by atoms with Crippen LogP contribution in [0.1, 0.15) is 41.9 Å². The number of rotatable bonds is 6. The van der Waals surface area contributed by atoms with Crippen molar-refractivity contribution in [1.29, 1.82) is 0 Å². The Labute approximate surface area is 205 Å². The number of carbonyl (C=O) groups is 1. The number of aliphatic hydroxyl groups is 1. The molecule has 0 saturated carbocycles. The number of benzene rings is 2. The fourth-order valence-electron chi connectivity index (χ4n) is 4.82. The maximum atomic E-state index is 14.2. The molecule has 0 spiro atoms. The Hall–Kier alpha value is -3.11. The van der Waals surface area contributed by atoms with E-state index in [-0.39, 0.29) is 22.9 Å². The maximum absolute atomic E-state index is 14.2. The predicted octanol–water partition coefficient (Wildman–Crippen LogP) is 4.69. The summed E-state index contributed by atoms with van der Waals surface area (Å²) in [6.07, 6.45) is -6.63. The molecular weight excluding hydrogens is 480 g/mol. The van der Waals surface area contributed by atoms with Gasteiger partial charge in [0.1, 0.15) is 11.6 Å². The SMILES string of the molecule is CC(C)(CC(O)(Cc1cc2ccc(C(=O)N3CCOCC3)cc2[nH]1)C(F)(F)F)c1cc(F)ccc1O. The number of phenolic OH excluding ortho intramolecular Hbond substituents is 1. The molecule has 36 heavy (non-hydrogen) atoms. The summed E-state index contributed by atoms with van der Waals surface area (Å²) >= 11 is 0. The highest BCUT2D eigenvalue weighted by Gasteiger charge is 2.56. The van der Waals surface area contributed by atoms with E-state index in [4.69, 9.17) is 4.74 Å². The van der Waals surface area contributed by atoms with Crippen LogP contribution in [-0.4, -0.2) is 64.1 Å². The van der Waals surface area contributed by atoms with E-state index in [1.807, 2.05) is 0 Å². The van der Waals surface area contributed by atoms with E-state index < -0.39 is 35.9 Å². The molecule has 1 aromatic heterocycles. The molecule has 1 fully saturated rings. The number of nitrogens with zero attached hydrogens (tertiary/aromatic N) is 1. The molecule has 2 aromatic carbocycles. The molecule has 1 unspecified atom stereocenters. The first-order chi connectivity index (χ1) is 16.8. The molecule has 1 amide bonds. The number of carbonyl (C=O) groups excluding carboxylic acids is 1. The zero-order chi connectivity index (χ0) is 26.3. The molecule has 6 nitrogen and oxygen atoms in total. The van der Waals surface area contributed by atoms with Gasteiger partial charge in [-0.1, -0.05) is 19.9 Å². The van der Waals surface area contributed by atoms with Crippen LogP contribution < -0.4 is 0 Å². The molecule has 10 heteroatoms. The normalized spacial score (nSPS) is 16.8. The third kappa shape index (κ3) is 5.19. The molecule has 4 rings (SSSR count). The van der Waals surface area contributed by atoms with Gasteiger partial charge in [0.05, 0.1) is 13.2 Å². The van der Waals surface area contributed by atoms with E-state index in [9.17, 15) is 32.6 Å². The summed E-state index contributed by atoms with van der Waals surface area (Å²) in [6.45, 7) is 4.63. The monoisotopic (exact) mass is 508 g/mol. The van der Waals surface area contributed by atoms with Crippen LogP contribution in [0, 0.1) is 5.82 Å². The van der Waals surface area contributed by atoms with Crippen molar-refractivity contribution in [1.82, 2.24) is 9.88 Å². The number of amides is 1. The van der Waals surface area contributed by atoms with Crippen molar-refractivity contribution in [3.8, 4) is 5.75 Å². The van der Waals surface area contributed by atoms with Gasteiger partial charge in [0.2, 0.25) is 0 Å². The Bertz CT molecular complexity index is 1260. The number of aromatic nitrogens is 1. The lowest BCUT2D eigenvalue weighted by molar-refractivity contribution is -0.266. The third-order valence-electron chi connectivity index (χ3n) is 6.66. The molecule has 194 valence electrons. The lowest BCUT2D eigenvalue weighted by Gasteiger charge is -2.38. The molecule has 0 radical (unpaired) electrons. The van der Waals surface area contributed by atoms with E-state index in [1.54, 1.807) is 23.1 Å². The number of aromatic hydroxyl groups is 1. The zero-order valence-corrected chi connectivity index (χ0v) is 20.0. The largest absolute Gasteiger partial charge is 0.508 e. The van der Waals surface area contributed by atoms with E-state index in [2.05, 4.69) is 4.98 Å². The topological polar surface area (TPSA) is 85.8 Å². The second kappa shape index (κ2) is 9.40. The van der Waals surface area contributed by atoms with Crippen LogP contribution in [0.3, 0.4) is 0 Å². The van der Waals surface area contributed by atoms with E-state index >= 15 is 0 Å². The van der Waals surface area contributed by atoms with Crippen molar-refractivity contribution < 1.29 is 37.3 Å². The van der Waals surface area contributed by atoms with Crippen LogP contribution in [0.2, 0.25) is 0 Å². The van der Waals surface area contributed by atoms with Gasteiger partial charge < -0.3 is 24.8 Å². The van der Waals surface area contributed by atoms with Crippen LogP contribution in [0.25, 0.3) is 10.9 Å². The number of ether oxygens (including phenoxy) is 1. The van der Waals surface area contributed by atoms with Gasteiger partial charge in [-0.3, -0.25) is 4.79 Å². The smallest absolute Gasteiger partial charge is 0.417 e. The first-order valence-electron chi connectivity index (χ1n) is 11.6. The third-order valence-corrected chi connectivity index (χ3v) is 6.66. The van der Waals surface area contributed by atoms with Gasteiger partial charge in [-0.15, -0.1) is 0 Å². The standard InChI is InChI=1S/C26H28F4N2O4/c1-24(2,20-13-18(27)5-6-22(20)33)15-25(35,26(28,29)30)14-19-11-16-3-4-17(12-21(16)31-19)23(34)32-7-9-36-10-8-32/h3-6,11-13,31,33,35H,7-10,14-15H2,1-2H3. The van der Waals surface area contributed by atoms with Gasteiger partial charge in [0, 0.05) is 41.8 Å². The second-order valence-electron chi connectivity index (χ2n) is 9.93. The van der Waals surface area contributed by atoms with E-state index in [0.29, 0.717) is 42.8 Å². The molecule has 1 aliphatic heterocycles. The minimum absolute atomic E-state index is 0.0342. The molecule has 1 atom stereocenters. The van der Waals surface area contributed by atoms with Crippen molar-refractivity contribution in [2.75, 3.05) is 26.3 Å². The number of halogens is 4. The number of morpholine rings is 1. The highest BCUT2D eigenvalue weighted by molar-refractivity contribution is 5.98. The van der Waals surface area contributed by atoms with Crippen molar-refractivity contribution in [2.45, 2.75) is 43.9 Å². The van der Waals surface area contributed by atoms with Crippen molar-refractivity contribution in [3.63, 3.8) is 0 Å². The molecule has 0 aliphatic carbocycles. The van der Waals surface area contributed by atoms with Crippen molar-refractivity contribution in [3.05, 3.63) is 65.1 Å². The van der Waals surface area contributed by atoms with Gasteiger partial charge in [-0.05, 0) is 53.6 Å². The summed E-state index contributed by atoms with van der Waals surface area (Å²) in [6, 6.07) is 9.40. The zero-order valence-electron chi connectivity index (χ0n) is 20.0.